The van der Waals surface area contributed by atoms with Crippen molar-refractivity contribution in [1.29, 1.82) is 0 Å². The number of anilines is 1. The SMILES string of the molecule is COc1cc([N+](=O)[O-])c(S(=O)(=O)O)cc1-c1nnnn1C(=O)Nc1ccccc1. The first-order valence-electron chi connectivity index (χ1n) is 7.71. The molecule has 2 aromatic carbocycles. The number of nitro groups is 1. The van der Waals surface area contributed by atoms with Crippen molar-refractivity contribution in [3.05, 3.63) is 52.6 Å². The molecule has 0 saturated carbocycles. The molecule has 0 radical (unpaired) electrons. The van der Waals surface area contributed by atoms with E-state index in [1.165, 1.54) is 7.11 Å². The number of nitrogens with one attached hydrogen (secondary N) is 1. The molecule has 3 rings (SSSR count). The summed E-state index contributed by atoms with van der Waals surface area (Å²) in [5.41, 5.74) is -0.645. The van der Waals surface area contributed by atoms with Gasteiger partial charge in [0.05, 0.1) is 23.7 Å². The van der Waals surface area contributed by atoms with Crippen LogP contribution in [0.3, 0.4) is 0 Å². The second kappa shape index (κ2) is 7.61. The van der Waals surface area contributed by atoms with E-state index in [0.717, 1.165) is 12.1 Å². The molecule has 1 aromatic heterocycles. The number of hydrogen-bond acceptors (Lipinski definition) is 9. The maximum atomic E-state index is 12.5. The standard InChI is InChI=1S/C15H12N6O7S/c1-28-12-8-11(21(23)24)13(29(25,26)27)7-10(12)14-17-18-19-20(14)15(22)16-9-5-3-2-4-6-9/h2-8H,1H3,(H,16,22)(H,25,26,27). The average molecular weight is 420 g/mol. The molecule has 2 N–H and O–H groups in total. The number of hydrogen-bond donors (Lipinski definition) is 2. The van der Waals surface area contributed by atoms with Crippen molar-refractivity contribution >= 4 is 27.5 Å². The number of aromatic nitrogens is 4. The smallest absolute Gasteiger partial charge is 0.350 e. The molecule has 0 aliphatic carbocycles. The molecule has 3 aromatic rings. The van der Waals surface area contributed by atoms with Crippen molar-refractivity contribution in [2.45, 2.75) is 4.90 Å². The Balaban J connectivity index is 2.14. The number of methoxy groups -OCH3 is 1. The van der Waals surface area contributed by atoms with Crippen molar-refractivity contribution in [2.75, 3.05) is 12.4 Å². The molecule has 0 atom stereocenters. The van der Waals surface area contributed by atoms with Crippen LogP contribution in [0, 0.1) is 10.1 Å². The Kier molecular flexibility index (Phi) is 5.20. The topological polar surface area (TPSA) is 179 Å². The number of rotatable bonds is 5. The van der Waals surface area contributed by atoms with Gasteiger partial charge in [-0.15, -0.1) is 9.78 Å². The maximum absolute atomic E-state index is 12.5. The van der Waals surface area contributed by atoms with Crippen LogP contribution < -0.4 is 10.1 Å². The van der Waals surface area contributed by atoms with E-state index in [2.05, 4.69) is 20.8 Å². The summed E-state index contributed by atoms with van der Waals surface area (Å²) in [5, 5.41) is 24.3. The van der Waals surface area contributed by atoms with E-state index in [9.17, 15) is 27.9 Å². The average Bonchev–Trinajstić information content (AvgIpc) is 3.16. The molecule has 1 heterocycles. The minimum Gasteiger partial charge on any atom is -0.496 e. The molecule has 0 unspecified atom stereocenters. The Bertz CT molecular complexity index is 1190. The van der Waals surface area contributed by atoms with E-state index in [1.54, 1.807) is 30.3 Å². The zero-order valence-electron chi connectivity index (χ0n) is 14.6. The monoisotopic (exact) mass is 420 g/mol. The number of carbonyl (C=O) groups is 1. The van der Waals surface area contributed by atoms with Gasteiger partial charge in [-0.1, -0.05) is 18.2 Å². The third-order valence-corrected chi connectivity index (χ3v) is 4.57. The third kappa shape index (κ3) is 4.02. The molecule has 0 spiro atoms. The predicted octanol–water partition coefficient (Wildman–Crippen LogP) is 1.58. The second-order valence-electron chi connectivity index (χ2n) is 5.46. The molecule has 0 fully saturated rings. The van der Waals surface area contributed by atoms with E-state index in [4.69, 9.17) is 4.74 Å². The van der Waals surface area contributed by atoms with Crippen LogP contribution in [0.5, 0.6) is 5.75 Å². The van der Waals surface area contributed by atoms with Crippen LogP contribution in [0.15, 0.2) is 47.4 Å². The van der Waals surface area contributed by atoms with Gasteiger partial charge in [0.25, 0.3) is 5.69 Å². The van der Waals surface area contributed by atoms with Crippen LogP contribution in [-0.4, -0.2) is 51.2 Å². The fraction of sp³-hybridized carbons (Fsp3) is 0.0667. The molecular weight excluding hydrogens is 408 g/mol. The fourth-order valence-corrected chi connectivity index (χ4v) is 3.10. The second-order valence-corrected chi connectivity index (χ2v) is 6.85. The predicted molar refractivity (Wildman–Crippen MR) is 97.1 cm³/mol. The first kappa shape index (κ1) is 19.8. The highest BCUT2D eigenvalue weighted by atomic mass is 32.2. The van der Waals surface area contributed by atoms with Crippen molar-refractivity contribution in [1.82, 2.24) is 20.2 Å². The molecular formula is C15H12N6O7S. The van der Waals surface area contributed by atoms with Crippen LogP contribution in [0.2, 0.25) is 0 Å². The van der Waals surface area contributed by atoms with E-state index in [1.807, 2.05) is 0 Å². The van der Waals surface area contributed by atoms with Crippen molar-refractivity contribution in [3.8, 4) is 17.1 Å². The van der Waals surface area contributed by atoms with Gasteiger partial charge >= 0.3 is 16.1 Å². The molecule has 29 heavy (non-hydrogen) atoms. The van der Waals surface area contributed by atoms with Crippen LogP contribution in [0.4, 0.5) is 16.2 Å². The lowest BCUT2D eigenvalue weighted by Crippen LogP contribution is -2.22. The Labute approximate surface area is 162 Å². The Morgan fingerprint density at radius 1 is 1.28 bits per heavy atom. The van der Waals surface area contributed by atoms with Crippen LogP contribution in [0.25, 0.3) is 11.4 Å². The lowest BCUT2D eigenvalue weighted by atomic mass is 10.1. The summed E-state index contributed by atoms with van der Waals surface area (Å²) in [5.74, 6) is -0.456. The van der Waals surface area contributed by atoms with E-state index in [0.29, 0.717) is 10.4 Å². The van der Waals surface area contributed by atoms with E-state index >= 15 is 0 Å². The third-order valence-electron chi connectivity index (χ3n) is 3.68. The van der Waals surface area contributed by atoms with E-state index < -0.39 is 31.7 Å². The number of tetrazole rings is 1. The largest absolute Gasteiger partial charge is 0.496 e. The normalized spacial score (nSPS) is 11.1. The maximum Gasteiger partial charge on any atom is 0.350 e. The Hall–Kier alpha value is -3.91. The summed E-state index contributed by atoms with van der Waals surface area (Å²) >= 11 is 0. The van der Waals surface area contributed by atoms with Crippen LogP contribution in [-0.2, 0) is 10.1 Å². The van der Waals surface area contributed by atoms with Gasteiger partial charge in [-0.25, -0.2) is 4.79 Å². The highest BCUT2D eigenvalue weighted by Gasteiger charge is 2.30. The minimum atomic E-state index is -4.97. The Morgan fingerprint density at radius 2 is 1.97 bits per heavy atom. The summed E-state index contributed by atoms with van der Waals surface area (Å²) in [6.07, 6.45) is 0. The molecule has 0 aliphatic rings. The number of amides is 1. The first-order chi connectivity index (χ1) is 13.7. The van der Waals surface area contributed by atoms with Gasteiger partial charge in [0.2, 0.25) is 0 Å². The highest BCUT2D eigenvalue weighted by molar-refractivity contribution is 7.86. The number of ether oxygens (including phenoxy) is 1. The highest BCUT2D eigenvalue weighted by Crippen LogP contribution is 2.37. The Morgan fingerprint density at radius 3 is 2.55 bits per heavy atom. The molecule has 0 saturated heterocycles. The molecule has 0 bridgehead atoms. The minimum absolute atomic E-state index is 0.168. The zero-order chi connectivity index (χ0) is 21.2. The molecule has 150 valence electrons. The summed E-state index contributed by atoms with van der Waals surface area (Å²) in [4.78, 5) is 21.7. The van der Waals surface area contributed by atoms with Crippen molar-refractivity contribution < 1.29 is 27.4 Å². The first-order valence-corrected chi connectivity index (χ1v) is 9.15. The summed E-state index contributed by atoms with van der Waals surface area (Å²) in [7, 11) is -3.80. The lowest BCUT2D eigenvalue weighted by molar-refractivity contribution is -0.387. The van der Waals surface area contributed by atoms with Crippen LogP contribution in [0.1, 0.15) is 0 Å². The van der Waals surface area contributed by atoms with Gasteiger partial charge < -0.3 is 10.1 Å². The summed E-state index contributed by atoms with van der Waals surface area (Å²) in [6.45, 7) is 0. The van der Waals surface area contributed by atoms with E-state index in [-0.39, 0.29) is 17.1 Å². The van der Waals surface area contributed by atoms with Crippen LogP contribution >= 0.6 is 0 Å². The van der Waals surface area contributed by atoms with Gasteiger partial charge in [-0.2, -0.15) is 8.42 Å². The van der Waals surface area contributed by atoms with Gasteiger partial charge in [-0.3, -0.25) is 14.7 Å². The number of benzene rings is 2. The van der Waals surface area contributed by atoms with Gasteiger partial charge in [0.1, 0.15) is 5.75 Å². The number of nitrogens with zero attached hydrogens (tertiary/aromatic N) is 5. The zero-order valence-corrected chi connectivity index (χ0v) is 15.4. The van der Waals surface area contributed by atoms with Gasteiger partial charge in [0.15, 0.2) is 10.7 Å². The van der Waals surface area contributed by atoms with Gasteiger partial charge in [-0.05, 0) is 28.6 Å². The summed E-state index contributed by atoms with van der Waals surface area (Å²) < 4.78 is 38.4. The quantitative estimate of drug-likeness (QED) is 0.266. The van der Waals surface area contributed by atoms with Gasteiger partial charge in [0, 0.05) is 5.69 Å². The number of carbonyl (C=O) groups excluding carboxylic acids is 1. The van der Waals surface area contributed by atoms with Crippen molar-refractivity contribution in [2.24, 2.45) is 0 Å². The molecule has 1 amide bonds. The molecule has 13 nitrogen and oxygen atoms in total. The molecule has 0 aliphatic heterocycles. The summed E-state index contributed by atoms with van der Waals surface area (Å²) in [6, 6.07) is 9.11. The molecule has 14 heteroatoms. The van der Waals surface area contributed by atoms with Crippen molar-refractivity contribution in [3.63, 3.8) is 0 Å². The number of nitro benzene ring substituents is 1. The lowest BCUT2D eigenvalue weighted by Gasteiger charge is -2.10. The number of para-hydroxylation sites is 1. The fourth-order valence-electron chi connectivity index (χ4n) is 2.43.